The van der Waals surface area contributed by atoms with E-state index in [0.29, 0.717) is 28.5 Å². The lowest BCUT2D eigenvalue weighted by Gasteiger charge is -2.09. The molecule has 30 heavy (non-hydrogen) atoms. The van der Waals surface area contributed by atoms with Crippen molar-refractivity contribution in [2.45, 2.75) is 6.61 Å². The first-order valence-electron chi connectivity index (χ1n) is 9.17. The van der Waals surface area contributed by atoms with Gasteiger partial charge in [0.1, 0.15) is 18.1 Å². The van der Waals surface area contributed by atoms with Crippen LogP contribution in [0.3, 0.4) is 0 Å². The number of ether oxygens (including phenoxy) is 2. The minimum Gasteiger partial charge on any atom is -0.497 e. The minimum atomic E-state index is -0.192. The second kappa shape index (κ2) is 7.28. The highest BCUT2D eigenvalue weighted by Gasteiger charge is 2.11. The van der Waals surface area contributed by atoms with Crippen LogP contribution in [0.5, 0.6) is 11.5 Å². The van der Waals surface area contributed by atoms with Crippen LogP contribution in [0, 0.1) is 0 Å². The summed E-state index contributed by atoms with van der Waals surface area (Å²) in [6.45, 7) is 0.165. The Morgan fingerprint density at radius 1 is 1.07 bits per heavy atom. The second-order valence-electron chi connectivity index (χ2n) is 6.53. The SMILES string of the molecule is COc1ccc2c(OCc3nnc4ccc(-c5cc[nH]c(=O)c5)nn34)ccnc2c1. The van der Waals surface area contributed by atoms with Crippen LogP contribution in [0.2, 0.25) is 0 Å². The summed E-state index contributed by atoms with van der Waals surface area (Å²) in [5, 5.41) is 13.8. The topological polar surface area (TPSA) is 107 Å². The zero-order valence-electron chi connectivity index (χ0n) is 15.9. The largest absolute Gasteiger partial charge is 0.497 e. The van der Waals surface area contributed by atoms with E-state index in [9.17, 15) is 4.79 Å². The molecule has 1 aromatic carbocycles. The summed E-state index contributed by atoms with van der Waals surface area (Å²) in [7, 11) is 1.62. The highest BCUT2D eigenvalue weighted by atomic mass is 16.5. The molecule has 148 valence electrons. The number of benzene rings is 1. The number of nitrogens with one attached hydrogen (secondary N) is 1. The molecule has 0 unspecified atom stereocenters. The lowest BCUT2D eigenvalue weighted by Crippen LogP contribution is -2.06. The summed E-state index contributed by atoms with van der Waals surface area (Å²) in [5.74, 6) is 1.94. The van der Waals surface area contributed by atoms with Crippen molar-refractivity contribution in [3.63, 3.8) is 0 Å². The Bertz CT molecular complexity index is 1430. The van der Waals surface area contributed by atoms with Gasteiger partial charge in [-0.25, -0.2) is 0 Å². The summed E-state index contributed by atoms with van der Waals surface area (Å²) in [4.78, 5) is 18.6. The van der Waals surface area contributed by atoms with Crippen LogP contribution in [-0.4, -0.2) is 36.9 Å². The van der Waals surface area contributed by atoms with Gasteiger partial charge in [-0.3, -0.25) is 9.78 Å². The van der Waals surface area contributed by atoms with Crippen molar-refractivity contribution in [2.75, 3.05) is 7.11 Å². The fourth-order valence-electron chi connectivity index (χ4n) is 3.18. The van der Waals surface area contributed by atoms with Gasteiger partial charge in [-0.05, 0) is 36.4 Å². The van der Waals surface area contributed by atoms with Crippen LogP contribution in [-0.2, 0) is 6.61 Å². The molecule has 0 bridgehead atoms. The van der Waals surface area contributed by atoms with Gasteiger partial charge in [-0.2, -0.15) is 9.61 Å². The molecule has 9 nitrogen and oxygen atoms in total. The third-order valence-electron chi connectivity index (χ3n) is 4.66. The van der Waals surface area contributed by atoms with Crippen molar-refractivity contribution < 1.29 is 9.47 Å². The molecule has 0 aliphatic rings. The van der Waals surface area contributed by atoms with Crippen LogP contribution >= 0.6 is 0 Å². The molecule has 4 aromatic heterocycles. The van der Waals surface area contributed by atoms with Crippen molar-refractivity contribution in [1.29, 1.82) is 0 Å². The highest BCUT2D eigenvalue weighted by molar-refractivity contribution is 5.85. The van der Waals surface area contributed by atoms with Crippen molar-refractivity contribution in [3.8, 4) is 22.8 Å². The quantitative estimate of drug-likeness (QED) is 0.483. The number of methoxy groups -OCH3 is 1. The third-order valence-corrected chi connectivity index (χ3v) is 4.66. The number of hydrogen-bond acceptors (Lipinski definition) is 7. The maximum Gasteiger partial charge on any atom is 0.248 e. The lowest BCUT2D eigenvalue weighted by molar-refractivity contribution is 0.296. The lowest BCUT2D eigenvalue weighted by atomic mass is 10.2. The summed E-state index contributed by atoms with van der Waals surface area (Å²) in [6.07, 6.45) is 3.27. The van der Waals surface area contributed by atoms with Gasteiger partial charge in [0, 0.05) is 35.5 Å². The average molecular weight is 400 g/mol. The van der Waals surface area contributed by atoms with Crippen molar-refractivity contribution in [3.05, 3.63) is 77.1 Å². The summed E-state index contributed by atoms with van der Waals surface area (Å²) >= 11 is 0. The number of nitrogens with zero attached hydrogens (tertiary/aromatic N) is 5. The van der Waals surface area contributed by atoms with Crippen LogP contribution in [0.15, 0.2) is 65.7 Å². The molecule has 9 heteroatoms. The molecule has 1 N–H and O–H groups in total. The van der Waals surface area contributed by atoms with Crippen LogP contribution in [0.4, 0.5) is 0 Å². The molecule has 5 rings (SSSR count). The fourth-order valence-corrected chi connectivity index (χ4v) is 3.18. The van der Waals surface area contributed by atoms with Crippen molar-refractivity contribution in [1.82, 2.24) is 29.8 Å². The van der Waals surface area contributed by atoms with Gasteiger partial charge in [0.2, 0.25) is 5.56 Å². The number of rotatable bonds is 5. The van der Waals surface area contributed by atoms with Gasteiger partial charge in [0.25, 0.3) is 0 Å². The van der Waals surface area contributed by atoms with Crippen molar-refractivity contribution >= 4 is 16.6 Å². The first-order valence-corrected chi connectivity index (χ1v) is 9.17. The molecule has 5 aromatic rings. The number of pyridine rings is 2. The van der Waals surface area contributed by atoms with E-state index in [1.165, 1.54) is 6.07 Å². The van der Waals surface area contributed by atoms with E-state index in [2.05, 4.69) is 25.3 Å². The Morgan fingerprint density at radius 3 is 2.87 bits per heavy atom. The van der Waals surface area contributed by atoms with Gasteiger partial charge >= 0.3 is 0 Å². The number of hydrogen-bond donors (Lipinski definition) is 1. The minimum absolute atomic E-state index is 0.165. The van der Waals surface area contributed by atoms with Gasteiger partial charge in [0.15, 0.2) is 11.5 Å². The molecular weight excluding hydrogens is 384 g/mol. The van der Waals surface area contributed by atoms with Gasteiger partial charge in [0.05, 0.1) is 18.3 Å². The molecule has 0 radical (unpaired) electrons. The second-order valence-corrected chi connectivity index (χ2v) is 6.53. The molecule has 0 amide bonds. The Labute approximate surface area is 169 Å². The van der Waals surface area contributed by atoms with Crippen molar-refractivity contribution in [2.24, 2.45) is 0 Å². The predicted molar refractivity (Wildman–Crippen MR) is 109 cm³/mol. The Hall–Kier alpha value is -4.27. The molecule has 0 aliphatic carbocycles. The first kappa shape index (κ1) is 17.8. The zero-order chi connectivity index (χ0) is 20.5. The Kier molecular flexibility index (Phi) is 4.32. The maximum absolute atomic E-state index is 11.6. The molecular formula is C21H16N6O3. The van der Waals surface area contributed by atoms with Gasteiger partial charge in [-0.15, -0.1) is 10.2 Å². The van der Waals surface area contributed by atoms with Gasteiger partial charge in [-0.1, -0.05) is 0 Å². The summed E-state index contributed by atoms with van der Waals surface area (Å²) in [5.41, 5.74) is 2.51. The summed E-state index contributed by atoms with van der Waals surface area (Å²) < 4.78 is 12.9. The normalized spacial score (nSPS) is 11.1. The standard InChI is InChI=1S/C21H16N6O3/c1-29-14-2-3-15-17(11-14)22-9-7-18(15)30-12-20-25-24-19-5-4-16(26-27(19)20)13-6-8-23-21(28)10-13/h2-11H,12H2,1H3,(H,23,28). The molecule has 4 heterocycles. The Morgan fingerprint density at radius 2 is 2.00 bits per heavy atom. The monoisotopic (exact) mass is 400 g/mol. The smallest absolute Gasteiger partial charge is 0.248 e. The van der Waals surface area contributed by atoms with E-state index in [4.69, 9.17) is 9.47 Å². The Balaban J connectivity index is 1.47. The van der Waals surface area contributed by atoms with E-state index in [-0.39, 0.29) is 12.2 Å². The third kappa shape index (κ3) is 3.22. The van der Waals surface area contributed by atoms with E-state index in [1.54, 1.807) is 48.3 Å². The number of H-pyrrole nitrogens is 1. The molecule has 0 atom stereocenters. The fraction of sp³-hybridized carbons (Fsp3) is 0.0952. The predicted octanol–water partition coefficient (Wildman–Crippen LogP) is 2.62. The maximum atomic E-state index is 11.6. The molecule has 0 fully saturated rings. The number of fused-ring (bicyclic) bond motifs is 2. The van der Waals surface area contributed by atoms with Crippen LogP contribution in [0.1, 0.15) is 5.82 Å². The van der Waals surface area contributed by atoms with Gasteiger partial charge < -0.3 is 14.5 Å². The van der Waals surface area contributed by atoms with Crippen LogP contribution < -0.4 is 15.0 Å². The molecule has 0 saturated carbocycles. The van der Waals surface area contributed by atoms with E-state index in [1.807, 2.05) is 18.2 Å². The number of aromatic amines is 1. The first-order chi connectivity index (χ1) is 14.7. The molecule has 0 aliphatic heterocycles. The summed E-state index contributed by atoms with van der Waals surface area (Å²) in [6, 6.07) is 14.3. The van der Waals surface area contributed by atoms with E-state index in [0.717, 1.165) is 16.7 Å². The molecule has 0 spiro atoms. The average Bonchev–Trinajstić information content (AvgIpc) is 3.19. The van der Waals surface area contributed by atoms with Crippen LogP contribution in [0.25, 0.3) is 27.8 Å². The molecule has 0 saturated heterocycles. The number of aromatic nitrogens is 6. The highest BCUT2D eigenvalue weighted by Crippen LogP contribution is 2.27. The van der Waals surface area contributed by atoms with E-state index < -0.39 is 0 Å². The van der Waals surface area contributed by atoms with E-state index >= 15 is 0 Å². The zero-order valence-corrected chi connectivity index (χ0v) is 15.9.